The van der Waals surface area contributed by atoms with E-state index >= 15 is 0 Å². The van der Waals surface area contributed by atoms with E-state index in [4.69, 9.17) is 14.6 Å². The summed E-state index contributed by atoms with van der Waals surface area (Å²) in [6.07, 6.45) is 2.96. The molecule has 0 aromatic heterocycles. The summed E-state index contributed by atoms with van der Waals surface area (Å²) < 4.78 is 10.6. The first kappa shape index (κ1) is 13.3. The molecule has 2 aliphatic rings. The number of carboxylic acids is 1. The standard InChI is InChI=1S/C12H19NO5/c14-10(7-8-3-1-2-5-17-8)13-9-4-6-18-11(9)12(15)16/h8-9,11H,1-7H2,(H,13,14)(H,15,16)/t8?,9-,11+/m0/s1. The lowest BCUT2D eigenvalue weighted by Crippen LogP contribution is -2.45. The highest BCUT2D eigenvalue weighted by atomic mass is 16.5. The van der Waals surface area contributed by atoms with E-state index < -0.39 is 18.1 Å². The van der Waals surface area contributed by atoms with Crippen LogP contribution in [0, 0.1) is 0 Å². The molecule has 18 heavy (non-hydrogen) atoms. The van der Waals surface area contributed by atoms with Crippen LogP contribution in [0.2, 0.25) is 0 Å². The van der Waals surface area contributed by atoms with Gasteiger partial charge in [0, 0.05) is 13.2 Å². The van der Waals surface area contributed by atoms with Gasteiger partial charge < -0.3 is 19.9 Å². The molecule has 0 spiro atoms. The van der Waals surface area contributed by atoms with Crippen molar-refractivity contribution < 1.29 is 24.2 Å². The van der Waals surface area contributed by atoms with Crippen molar-refractivity contribution in [2.24, 2.45) is 0 Å². The first-order chi connectivity index (χ1) is 8.66. The number of carboxylic acid groups (broad SMARTS) is 1. The molecule has 0 saturated carbocycles. The second-order valence-electron chi connectivity index (χ2n) is 4.79. The number of nitrogens with one attached hydrogen (secondary N) is 1. The number of ether oxygens (including phenoxy) is 2. The van der Waals surface area contributed by atoms with E-state index in [9.17, 15) is 9.59 Å². The molecule has 2 saturated heterocycles. The van der Waals surface area contributed by atoms with Gasteiger partial charge in [-0.25, -0.2) is 4.79 Å². The average molecular weight is 257 g/mol. The Labute approximate surface area is 106 Å². The van der Waals surface area contributed by atoms with Crippen LogP contribution in [0.5, 0.6) is 0 Å². The molecule has 2 aliphatic heterocycles. The first-order valence-corrected chi connectivity index (χ1v) is 6.42. The van der Waals surface area contributed by atoms with Crippen LogP contribution in [-0.4, -0.2) is 48.4 Å². The van der Waals surface area contributed by atoms with Crippen molar-refractivity contribution in [2.45, 2.75) is 50.4 Å². The lowest BCUT2D eigenvalue weighted by Gasteiger charge is -2.23. The third-order valence-corrected chi connectivity index (χ3v) is 3.37. The molecule has 0 aliphatic carbocycles. The zero-order valence-corrected chi connectivity index (χ0v) is 10.3. The van der Waals surface area contributed by atoms with E-state index in [2.05, 4.69) is 5.32 Å². The van der Waals surface area contributed by atoms with Crippen molar-refractivity contribution in [1.82, 2.24) is 5.32 Å². The Kier molecular flexibility index (Phi) is 4.54. The van der Waals surface area contributed by atoms with E-state index in [0.29, 0.717) is 26.1 Å². The van der Waals surface area contributed by atoms with Crippen molar-refractivity contribution in [3.05, 3.63) is 0 Å². The van der Waals surface area contributed by atoms with Gasteiger partial charge in [-0.05, 0) is 25.7 Å². The molecule has 2 rings (SSSR count). The molecule has 1 unspecified atom stereocenters. The summed E-state index contributed by atoms with van der Waals surface area (Å²) >= 11 is 0. The van der Waals surface area contributed by atoms with Gasteiger partial charge in [0.15, 0.2) is 6.10 Å². The quantitative estimate of drug-likeness (QED) is 0.757. The first-order valence-electron chi connectivity index (χ1n) is 6.42. The smallest absolute Gasteiger partial charge is 0.334 e. The van der Waals surface area contributed by atoms with E-state index in [1.807, 2.05) is 0 Å². The minimum atomic E-state index is -1.02. The highest BCUT2D eigenvalue weighted by Gasteiger charge is 2.35. The van der Waals surface area contributed by atoms with Crippen LogP contribution < -0.4 is 5.32 Å². The number of amides is 1. The molecule has 1 amide bonds. The van der Waals surface area contributed by atoms with Crippen molar-refractivity contribution in [3.8, 4) is 0 Å². The summed E-state index contributed by atoms with van der Waals surface area (Å²) in [5.41, 5.74) is 0. The number of carbonyl (C=O) groups is 2. The zero-order chi connectivity index (χ0) is 13.0. The maximum atomic E-state index is 11.8. The van der Waals surface area contributed by atoms with Crippen molar-refractivity contribution in [2.75, 3.05) is 13.2 Å². The van der Waals surface area contributed by atoms with E-state index in [0.717, 1.165) is 19.3 Å². The van der Waals surface area contributed by atoms with Crippen molar-refractivity contribution in [1.29, 1.82) is 0 Å². The summed E-state index contributed by atoms with van der Waals surface area (Å²) in [6.45, 7) is 1.09. The van der Waals surface area contributed by atoms with Crippen LogP contribution in [0.25, 0.3) is 0 Å². The topological polar surface area (TPSA) is 84.9 Å². The number of carbonyl (C=O) groups excluding carboxylic acids is 1. The molecule has 0 aromatic rings. The Hall–Kier alpha value is -1.14. The van der Waals surface area contributed by atoms with Crippen molar-refractivity contribution in [3.63, 3.8) is 0 Å². The average Bonchev–Trinajstić information content (AvgIpc) is 2.78. The molecular formula is C12H19NO5. The SMILES string of the molecule is O=C(CC1CCCCO1)N[C@H]1CCO[C@H]1C(=O)O. The Morgan fingerprint density at radius 3 is 2.67 bits per heavy atom. The molecule has 3 atom stereocenters. The van der Waals surface area contributed by atoms with Crippen LogP contribution in [0.15, 0.2) is 0 Å². The largest absolute Gasteiger partial charge is 0.479 e. The summed E-state index contributed by atoms with van der Waals surface area (Å²) in [4.78, 5) is 22.7. The second kappa shape index (κ2) is 6.15. The summed E-state index contributed by atoms with van der Waals surface area (Å²) in [7, 11) is 0. The molecule has 0 radical (unpaired) electrons. The summed E-state index contributed by atoms with van der Waals surface area (Å²) in [5, 5.41) is 11.6. The van der Waals surface area contributed by atoms with Crippen molar-refractivity contribution >= 4 is 11.9 Å². The van der Waals surface area contributed by atoms with Gasteiger partial charge >= 0.3 is 5.97 Å². The van der Waals surface area contributed by atoms with Gasteiger partial charge in [-0.2, -0.15) is 0 Å². The number of aliphatic carboxylic acids is 1. The maximum Gasteiger partial charge on any atom is 0.334 e. The fraction of sp³-hybridized carbons (Fsp3) is 0.833. The molecular weight excluding hydrogens is 238 g/mol. The number of rotatable bonds is 4. The van der Waals surface area contributed by atoms with Gasteiger partial charge in [-0.3, -0.25) is 4.79 Å². The molecule has 102 valence electrons. The van der Waals surface area contributed by atoms with E-state index in [1.165, 1.54) is 0 Å². The molecule has 2 heterocycles. The Morgan fingerprint density at radius 1 is 1.17 bits per heavy atom. The zero-order valence-electron chi connectivity index (χ0n) is 10.3. The Bertz CT molecular complexity index is 314. The Balaban J connectivity index is 1.77. The summed E-state index contributed by atoms with van der Waals surface area (Å²) in [5.74, 6) is -1.17. The second-order valence-corrected chi connectivity index (χ2v) is 4.79. The van der Waals surface area contributed by atoms with Gasteiger partial charge in [0.2, 0.25) is 5.91 Å². The predicted octanol–water partition coefficient (Wildman–Crippen LogP) is 0.304. The predicted molar refractivity (Wildman–Crippen MR) is 62.1 cm³/mol. The lowest BCUT2D eigenvalue weighted by atomic mass is 10.1. The third-order valence-electron chi connectivity index (χ3n) is 3.37. The van der Waals surface area contributed by atoms with Crippen LogP contribution in [0.4, 0.5) is 0 Å². The fourth-order valence-electron chi connectivity index (χ4n) is 2.42. The van der Waals surface area contributed by atoms with Crippen LogP contribution in [0.3, 0.4) is 0 Å². The Morgan fingerprint density at radius 2 is 2.00 bits per heavy atom. The minimum absolute atomic E-state index is 0.0238. The molecule has 0 bridgehead atoms. The highest BCUT2D eigenvalue weighted by Crippen LogP contribution is 2.17. The molecule has 6 nitrogen and oxygen atoms in total. The van der Waals surface area contributed by atoms with E-state index in [-0.39, 0.29) is 12.0 Å². The van der Waals surface area contributed by atoms with Crippen LogP contribution in [-0.2, 0) is 19.1 Å². The van der Waals surface area contributed by atoms with Gasteiger partial charge in [-0.15, -0.1) is 0 Å². The van der Waals surface area contributed by atoms with Crippen LogP contribution >= 0.6 is 0 Å². The summed E-state index contributed by atoms with van der Waals surface area (Å²) in [6, 6.07) is -0.418. The van der Waals surface area contributed by atoms with Crippen LogP contribution in [0.1, 0.15) is 32.1 Å². The monoisotopic (exact) mass is 257 g/mol. The molecule has 0 aromatic carbocycles. The normalized spacial score (nSPS) is 32.1. The number of hydrogen-bond acceptors (Lipinski definition) is 4. The van der Waals surface area contributed by atoms with E-state index in [1.54, 1.807) is 0 Å². The highest BCUT2D eigenvalue weighted by molar-refractivity contribution is 5.79. The minimum Gasteiger partial charge on any atom is -0.479 e. The lowest BCUT2D eigenvalue weighted by molar-refractivity contribution is -0.148. The molecule has 2 fully saturated rings. The maximum absolute atomic E-state index is 11.8. The van der Waals surface area contributed by atoms with Gasteiger partial charge in [0.05, 0.1) is 18.6 Å². The molecule has 2 N–H and O–H groups in total. The molecule has 6 heteroatoms. The fourth-order valence-corrected chi connectivity index (χ4v) is 2.42. The number of hydrogen-bond donors (Lipinski definition) is 2. The van der Waals surface area contributed by atoms with Gasteiger partial charge in [0.1, 0.15) is 0 Å². The van der Waals surface area contributed by atoms with Gasteiger partial charge in [0.25, 0.3) is 0 Å². The van der Waals surface area contributed by atoms with Gasteiger partial charge in [-0.1, -0.05) is 0 Å². The third kappa shape index (κ3) is 3.43.